The zero-order chi connectivity index (χ0) is 31.3. The zero-order valence-corrected chi connectivity index (χ0v) is 26.3. The summed E-state index contributed by atoms with van der Waals surface area (Å²) < 4.78 is 1.84. The van der Waals surface area contributed by atoms with Crippen molar-refractivity contribution >= 4 is 22.8 Å². The Morgan fingerprint density at radius 3 is 2.31 bits per heavy atom. The molecule has 1 fully saturated rings. The third kappa shape index (κ3) is 6.78. The molecule has 3 aromatic heterocycles. The van der Waals surface area contributed by atoms with Crippen molar-refractivity contribution < 1.29 is 9.90 Å². The first-order valence-corrected chi connectivity index (χ1v) is 15.8. The Kier molecular flexibility index (Phi) is 9.25. The lowest BCUT2D eigenvalue weighted by atomic mass is 10.00. The molecule has 10 nitrogen and oxygen atoms in total. The Bertz CT molecular complexity index is 1730. The van der Waals surface area contributed by atoms with Gasteiger partial charge in [-0.25, -0.2) is 9.78 Å². The quantitative estimate of drug-likeness (QED) is 0.200. The molecule has 5 aromatic rings. The van der Waals surface area contributed by atoms with Crippen LogP contribution < -0.4 is 5.32 Å². The van der Waals surface area contributed by atoms with Crippen LogP contribution in [0.15, 0.2) is 73.1 Å². The second-order valence-corrected chi connectivity index (χ2v) is 11.6. The first-order valence-electron chi connectivity index (χ1n) is 15.8. The number of hydrogen-bond acceptors (Lipinski definition) is 6. The number of nitrogens with one attached hydrogen (secondary N) is 2. The van der Waals surface area contributed by atoms with E-state index in [2.05, 4.69) is 55.4 Å². The molecule has 2 amide bonds. The first-order chi connectivity index (χ1) is 21.9. The number of β-amino-alcohol motifs (C(OH)–C–C–N with tert-alkyl or cyclic N) is 1. The van der Waals surface area contributed by atoms with Gasteiger partial charge in [0.05, 0.1) is 6.61 Å². The number of aryl methyl sites for hydroxylation is 1. The van der Waals surface area contributed by atoms with Crippen LogP contribution in [0.25, 0.3) is 44.7 Å². The van der Waals surface area contributed by atoms with E-state index >= 15 is 0 Å². The Morgan fingerprint density at radius 2 is 1.62 bits per heavy atom. The number of aromatic nitrogens is 4. The molecular formula is C35H42N8O2. The number of hydrogen-bond donors (Lipinski definition) is 3. The second kappa shape index (κ2) is 13.6. The van der Waals surface area contributed by atoms with Gasteiger partial charge in [-0.3, -0.25) is 14.5 Å². The molecule has 234 valence electrons. The number of H-pyrrole nitrogens is 1. The van der Waals surface area contributed by atoms with Gasteiger partial charge in [-0.05, 0) is 54.8 Å². The number of benzene rings is 2. The van der Waals surface area contributed by atoms with Gasteiger partial charge in [0.15, 0.2) is 0 Å². The zero-order valence-electron chi connectivity index (χ0n) is 26.3. The number of aliphatic hydroxyl groups is 1. The molecule has 10 heteroatoms. The van der Waals surface area contributed by atoms with Crippen LogP contribution >= 0.6 is 0 Å². The van der Waals surface area contributed by atoms with E-state index in [9.17, 15) is 9.90 Å². The van der Waals surface area contributed by atoms with Crippen LogP contribution in [0.2, 0.25) is 0 Å². The summed E-state index contributed by atoms with van der Waals surface area (Å²) in [7, 11) is 1.93. The highest BCUT2D eigenvalue weighted by Gasteiger charge is 2.19. The molecule has 6 rings (SSSR count). The topological polar surface area (TPSA) is 106 Å². The standard InChI is InChI=1S/C35H42N8O2/c1-4-43(5-2)35(45)37-28-12-10-27(11-13-28)33-31(24-40(3)39-33)29-14-15-36-34-30(29)22-32(38-34)26-8-6-25(7-9-26)23-42-18-16-41(17-19-42)20-21-44/h6-15,22,24,44H,4-5,16-21,23H2,1-3H3,(H,36,38)(H,37,45). The van der Waals surface area contributed by atoms with Gasteiger partial charge in [0.2, 0.25) is 0 Å². The highest BCUT2D eigenvalue weighted by atomic mass is 16.3. The van der Waals surface area contributed by atoms with Crippen molar-refractivity contribution in [3.8, 4) is 33.6 Å². The summed E-state index contributed by atoms with van der Waals surface area (Å²) in [5, 5.41) is 18.0. The third-order valence-corrected chi connectivity index (χ3v) is 8.66. The molecule has 45 heavy (non-hydrogen) atoms. The van der Waals surface area contributed by atoms with Crippen LogP contribution in [0.1, 0.15) is 19.4 Å². The van der Waals surface area contributed by atoms with Crippen molar-refractivity contribution in [2.24, 2.45) is 7.05 Å². The summed E-state index contributed by atoms with van der Waals surface area (Å²) in [4.78, 5) is 27.2. The number of amides is 2. The molecule has 0 bridgehead atoms. The van der Waals surface area contributed by atoms with Crippen molar-refractivity contribution in [1.82, 2.24) is 34.4 Å². The van der Waals surface area contributed by atoms with Gasteiger partial charge >= 0.3 is 6.03 Å². The molecule has 4 heterocycles. The van der Waals surface area contributed by atoms with Crippen molar-refractivity contribution in [3.63, 3.8) is 0 Å². The number of carbonyl (C=O) groups excluding carboxylic acids is 1. The maximum absolute atomic E-state index is 12.5. The molecule has 1 aliphatic rings. The molecule has 1 saturated heterocycles. The van der Waals surface area contributed by atoms with Crippen LogP contribution in [-0.4, -0.2) is 98.0 Å². The van der Waals surface area contributed by atoms with Gasteiger partial charge in [-0.1, -0.05) is 36.4 Å². The smallest absolute Gasteiger partial charge is 0.321 e. The Balaban J connectivity index is 1.21. The van der Waals surface area contributed by atoms with Gasteiger partial charge in [0.25, 0.3) is 0 Å². The predicted molar refractivity (Wildman–Crippen MR) is 180 cm³/mol. The number of pyridine rings is 1. The minimum Gasteiger partial charge on any atom is -0.395 e. The molecule has 0 atom stereocenters. The van der Waals surface area contributed by atoms with E-state index in [1.807, 2.05) is 68.3 Å². The fourth-order valence-corrected chi connectivity index (χ4v) is 6.10. The number of rotatable bonds is 10. The Morgan fingerprint density at radius 1 is 0.933 bits per heavy atom. The van der Waals surface area contributed by atoms with Gasteiger partial charge in [-0.15, -0.1) is 0 Å². The molecule has 2 aromatic carbocycles. The average Bonchev–Trinajstić information content (AvgIpc) is 3.67. The van der Waals surface area contributed by atoms with Crippen LogP contribution in [0.3, 0.4) is 0 Å². The normalized spacial score (nSPS) is 14.2. The largest absolute Gasteiger partial charge is 0.395 e. The highest BCUT2D eigenvalue weighted by molar-refractivity contribution is 5.99. The summed E-state index contributed by atoms with van der Waals surface area (Å²) >= 11 is 0. The highest BCUT2D eigenvalue weighted by Crippen LogP contribution is 2.37. The predicted octanol–water partition coefficient (Wildman–Crippen LogP) is 5.28. The van der Waals surface area contributed by atoms with Gasteiger partial charge < -0.3 is 20.3 Å². The van der Waals surface area contributed by atoms with Crippen LogP contribution in [0, 0.1) is 0 Å². The fourth-order valence-electron chi connectivity index (χ4n) is 6.10. The van der Waals surface area contributed by atoms with E-state index in [4.69, 9.17) is 5.10 Å². The number of carbonyl (C=O) groups is 1. The first kappa shape index (κ1) is 30.5. The summed E-state index contributed by atoms with van der Waals surface area (Å²) in [5.74, 6) is 0. The molecular weight excluding hydrogens is 564 g/mol. The van der Waals surface area contributed by atoms with Crippen molar-refractivity contribution in [2.75, 3.05) is 57.7 Å². The summed E-state index contributed by atoms with van der Waals surface area (Å²) in [6.45, 7) is 11.2. The average molecular weight is 607 g/mol. The van der Waals surface area contributed by atoms with Crippen molar-refractivity contribution in [1.29, 1.82) is 0 Å². The number of urea groups is 1. The van der Waals surface area contributed by atoms with E-state index < -0.39 is 0 Å². The third-order valence-electron chi connectivity index (χ3n) is 8.66. The Labute approximate surface area is 264 Å². The minimum absolute atomic E-state index is 0.100. The van der Waals surface area contributed by atoms with E-state index in [1.54, 1.807) is 4.90 Å². The molecule has 0 unspecified atom stereocenters. The lowest BCUT2D eigenvalue weighted by Gasteiger charge is -2.34. The number of fused-ring (bicyclic) bond motifs is 1. The molecule has 3 N–H and O–H groups in total. The summed E-state index contributed by atoms with van der Waals surface area (Å²) in [6.07, 6.45) is 3.88. The monoisotopic (exact) mass is 606 g/mol. The van der Waals surface area contributed by atoms with Crippen LogP contribution in [0.4, 0.5) is 10.5 Å². The summed E-state index contributed by atoms with van der Waals surface area (Å²) in [6, 6.07) is 20.7. The van der Waals surface area contributed by atoms with Crippen molar-refractivity contribution in [2.45, 2.75) is 20.4 Å². The van der Waals surface area contributed by atoms with E-state index in [0.717, 1.165) is 89.6 Å². The Hall–Kier alpha value is -4.51. The maximum Gasteiger partial charge on any atom is 0.321 e. The lowest BCUT2D eigenvalue weighted by molar-refractivity contribution is 0.108. The molecule has 0 spiro atoms. The number of aliphatic hydroxyl groups excluding tert-OH is 1. The number of aromatic amines is 1. The summed E-state index contributed by atoms with van der Waals surface area (Å²) in [5.41, 5.74) is 8.93. The van der Waals surface area contributed by atoms with E-state index in [-0.39, 0.29) is 12.6 Å². The SMILES string of the molecule is CCN(CC)C(=O)Nc1ccc(-c2nn(C)cc2-c2ccnc3[nH]c(-c4ccc(CN5CCN(CCO)CC5)cc4)cc23)cc1. The molecule has 0 radical (unpaired) electrons. The van der Waals surface area contributed by atoms with Crippen LogP contribution in [0.5, 0.6) is 0 Å². The van der Waals surface area contributed by atoms with Gasteiger partial charge in [0.1, 0.15) is 11.3 Å². The molecule has 1 aliphatic heterocycles. The second-order valence-electron chi connectivity index (χ2n) is 11.6. The van der Waals surface area contributed by atoms with E-state index in [1.165, 1.54) is 5.56 Å². The maximum atomic E-state index is 12.5. The lowest BCUT2D eigenvalue weighted by Crippen LogP contribution is -2.46. The van der Waals surface area contributed by atoms with Gasteiger partial charge in [-0.2, -0.15) is 5.10 Å². The molecule has 0 aliphatic carbocycles. The van der Waals surface area contributed by atoms with Crippen molar-refractivity contribution in [3.05, 3.63) is 78.6 Å². The number of nitrogens with zero attached hydrogens (tertiary/aromatic N) is 6. The van der Waals surface area contributed by atoms with Crippen LogP contribution in [-0.2, 0) is 13.6 Å². The number of piperazine rings is 1. The fraction of sp³-hybridized carbons (Fsp3) is 0.343. The molecule has 0 saturated carbocycles. The number of anilines is 1. The van der Waals surface area contributed by atoms with E-state index in [0.29, 0.717) is 13.1 Å². The minimum atomic E-state index is -0.100. The van der Waals surface area contributed by atoms with Gasteiger partial charge in [0, 0.05) is 99.7 Å².